The molecule has 0 aliphatic rings. The summed E-state index contributed by atoms with van der Waals surface area (Å²) in [4.78, 5) is 3.60. The summed E-state index contributed by atoms with van der Waals surface area (Å²) in [6.45, 7) is 4.39. The van der Waals surface area contributed by atoms with Crippen molar-refractivity contribution in [2.24, 2.45) is 0 Å². The van der Waals surface area contributed by atoms with Gasteiger partial charge in [-0.25, -0.2) is 4.68 Å². The molecule has 122 valence electrons. The Morgan fingerprint density at radius 1 is 1.32 bits per heavy atom. The van der Waals surface area contributed by atoms with Crippen molar-refractivity contribution in [1.29, 1.82) is 0 Å². The summed E-state index contributed by atoms with van der Waals surface area (Å²) in [5, 5.41) is 6.48. The Hall–Kier alpha value is -1.06. The molecule has 0 saturated carbocycles. The van der Waals surface area contributed by atoms with Gasteiger partial charge in [0.15, 0.2) is 4.77 Å². The number of hydrogen-bond donors (Lipinski definition) is 0. The van der Waals surface area contributed by atoms with E-state index in [4.69, 9.17) is 21.7 Å². The standard InChI is InChI=1S/C14H22N4O2S2/c1-19-7-5-16(10-13-4-3-9-22-13)12-18-14(21)17(11-15-18)6-8-20-2/h3-4,9,11H,5-8,10,12H2,1-2H3. The third-order valence-corrected chi connectivity index (χ3v) is 4.54. The monoisotopic (exact) mass is 342 g/mol. The zero-order valence-electron chi connectivity index (χ0n) is 13.0. The molecule has 0 aliphatic carbocycles. The van der Waals surface area contributed by atoms with Gasteiger partial charge in [-0.2, -0.15) is 5.10 Å². The molecule has 0 radical (unpaired) electrons. The minimum absolute atomic E-state index is 0.628. The molecular weight excluding hydrogens is 320 g/mol. The SMILES string of the molecule is COCCN(Cc1cccs1)Cn1ncn(CCOC)c1=S. The van der Waals surface area contributed by atoms with Crippen LogP contribution in [0.5, 0.6) is 0 Å². The molecule has 2 heterocycles. The van der Waals surface area contributed by atoms with Crippen LogP contribution in [0, 0.1) is 4.77 Å². The minimum Gasteiger partial charge on any atom is -0.383 e. The van der Waals surface area contributed by atoms with Gasteiger partial charge in [-0.1, -0.05) is 6.07 Å². The first-order valence-electron chi connectivity index (χ1n) is 7.09. The topological polar surface area (TPSA) is 44.5 Å². The highest BCUT2D eigenvalue weighted by atomic mass is 32.1. The van der Waals surface area contributed by atoms with E-state index in [1.54, 1.807) is 31.9 Å². The maximum absolute atomic E-state index is 5.47. The zero-order valence-corrected chi connectivity index (χ0v) is 14.6. The van der Waals surface area contributed by atoms with Gasteiger partial charge in [0.2, 0.25) is 0 Å². The smallest absolute Gasteiger partial charge is 0.198 e. The molecule has 22 heavy (non-hydrogen) atoms. The molecule has 0 fully saturated rings. The van der Waals surface area contributed by atoms with Crippen molar-refractivity contribution < 1.29 is 9.47 Å². The van der Waals surface area contributed by atoms with Crippen molar-refractivity contribution >= 4 is 23.6 Å². The van der Waals surface area contributed by atoms with Crippen molar-refractivity contribution in [3.8, 4) is 0 Å². The third kappa shape index (κ3) is 4.99. The second-order valence-corrected chi connectivity index (χ2v) is 6.26. The number of nitrogens with zero attached hydrogens (tertiary/aromatic N) is 4. The summed E-state index contributed by atoms with van der Waals surface area (Å²) in [7, 11) is 3.40. The minimum atomic E-state index is 0.628. The van der Waals surface area contributed by atoms with Gasteiger partial charge >= 0.3 is 0 Å². The second-order valence-electron chi connectivity index (χ2n) is 4.87. The van der Waals surface area contributed by atoms with Crippen LogP contribution in [0.2, 0.25) is 0 Å². The van der Waals surface area contributed by atoms with E-state index >= 15 is 0 Å². The molecule has 0 unspecified atom stereocenters. The van der Waals surface area contributed by atoms with E-state index in [2.05, 4.69) is 27.5 Å². The third-order valence-electron chi connectivity index (χ3n) is 3.24. The molecule has 2 aromatic rings. The van der Waals surface area contributed by atoms with Gasteiger partial charge in [-0.15, -0.1) is 11.3 Å². The Morgan fingerprint density at radius 2 is 2.14 bits per heavy atom. The first-order valence-corrected chi connectivity index (χ1v) is 8.38. The molecule has 6 nitrogen and oxygen atoms in total. The number of aromatic nitrogens is 3. The van der Waals surface area contributed by atoms with Crippen LogP contribution in [0.15, 0.2) is 23.8 Å². The lowest BCUT2D eigenvalue weighted by atomic mass is 10.4. The maximum atomic E-state index is 5.47. The fourth-order valence-corrected chi connectivity index (χ4v) is 3.03. The second kappa shape index (κ2) is 9.16. The van der Waals surface area contributed by atoms with Gasteiger partial charge in [0.05, 0.1) is 19.9 Å². The predicted molar refractivity (Wildman–Crippen MR) is 89.5 cm³/mol. The lowest BCUT2D eigenvalue weighted by molar-refractivity contribution is 0.120. The predicted octanol–water partition coefficient (Wildman–Crippen LogP) is 2.23. The van der Waals surface area contributed by atoms with E-state index in [0.29, 0.717) is 24.7 Å². The molecule has 0 amide bonds. The van der Waals surface area contributed by atoms with Gasteiger partial charge in [0.25, 0.3) is 0 Å². The van der Waals surface area contributed by atoms with Crippen molar-refractivity contribution in [3.63, 3.8) is 0 Å². The van der Waals surface area contributed by atoms with Gasteiger partial charge in [-0.3, -0.25) is 4.90 Å². The molecule has 0 spiro atoms. The summed E-state index contributed by atoms with van der Waals surface area (Å²) in [6, 6.07) is 4.21. The van der Waals surface area contributed by atoms with Crippen molar-refractivity contribution in [1.82, 2.24) is 19.2 Å². The zero-order chi connectivity index (χ0) is 15.8. The average molecular weight is 342 g/mol. The molecule has 0 N–H and O–H groups in total. The average Bonchev–Trinajstić information content (AvgIpc) is 3.14. The maximum Gasteiger partial charge on any atom is 0.198 e. The van der Waals surface area contributed by atoms with Crippen LogP contribution in [0.1, 0.15) is 4.88 Å². The van der Waals surface area contributed by atoms with E-state index in [1.165, 1.54) is 4.88 Å². The molecule has 8 heteroatoms. The fraction of sp³-hybridized carbons (Fsp3) is 0.571. The Morgan fingerprint density at radius 3 is 2.82 bits per heavy atom. The first kappa shape index (κ1) is 17.3. The Kier molecular flexibility index (Phi) is 7.20. The fourth-order valence-electron chi connectivity index (χ4n) is 2.04. The molecule has 2 rings (SSSR count). The number of methoxy groups -OCH3 is 2. The quantitative estimate of drug-likeness (QED) is 0.620. The summed E-state index contributed by atoms with van der Waals surface area (Å²) >= 11 is 7.23. The molecule has 0 aromatic carbocycles. The lowest BCUT2D eigenvalue weighted by Gasteiger charge is -2.21. The van der Waals surface area contributed by atoms with E-state index in [1.807, 2.05) is 9.25 Å². The number of ether oxygens (including phenoxy) is 2. The van der Waals surface area contributed by atoms with Crippen LogP contribution in [-0.4, -0.2) is 53.2 Å². The van der Waals surface area contributed by atoms with E-state index in [0.717, 1.165) is 19.6 Å². The molecular formula is C14H22N4O2S2. The summed E-state index contributed by atoms with van der Waals surface area (Å²) in [5.41, 5.74) is 0. The largest absolute Gasteiger partial charge is 0.383 e. The summed E-state index contributed by atoms with van der Waals surface area (Å²) < 4.78 is 14.8. The number of thiophene rings is 1. The van der Waals surface area contributed by atoms with E-state index in [9.17, 15) is 0 Å². The normalized spacial score (nSPS) is 11.4. The molecule has 0 aliphatic heterocycles. The van der Waals surface area contributed by atoms with Gasteiger partial charge in [0, 0.05) is 38.7 Å². The number of rotatable bonds is 10. The summed E-state index contributed by atoms with van der Waals surface area (Å²) in [5.74, 6) is 0. The molecule has 2 aromatic heterocycles. The van der Waals surface area contributed by atoms with Gasteiger partial charge < -0.3 is 14.0 Å². The van der Waals surface area contributed by atoms with E-state index in [-0.39, 0.29) is 0 Å². The number of hydrogen-bond acceptors (Lipinski definition) is 6. The molecule has 0 atom stereocenters. The van der Waals surface area contributed by atoms with Crippen LogP contribution in [0.4, 0.5) is 0 Å². The van der Waals surface area contributed by atoms with Gasteiger partial charge in [0.1, 0.15) is 6.33 Å². The van der Waals surface area contributed by atoms with Crippen LogP contribution >= 0.6 is 23.6 Å². The van der Waals surface area contributed by atoms with Crippen molar-refractivity contribution in [2.45, 2.75) is 19.8 Å². The van der Waals surface area contributed by atoms with Crippen molar-refractivity contribution in [2.75, 3.05) is 34.0 Å². The first-order chi connectivity index (χ1) is 10.7. The Labute approximate surface area is 139 Å². The Bertz CT molecular complexity index is 594. The molecule has 0 bridgehead atoms. The Balaban J connectivity index is 2.02. The highest BCUT2D eigenvalue weighted by molar-refractivity contribution is 7.71. The van der Waals surface area contributed by atoms with Crippen LogP contribution < -0.4 is 0 Å². The highest BCUT2D eigenvalue weighted by Gasteiger charge is 2.10. The molecule has 0 saturated heterocycles. The van der Waals surface area contributed by atoms with Crippen LogP contribution in [-0.2, 0) is 29.2 Å². The van der Waals surface area contributed by atoms with Crippen LogP contribution in [0.3, 0.4) is 0 Å². The van der Waals surface area contributed by atoms with Crippen LogP contribution in [0.25, 0.3) is 0 Å². The van der Waals surface area contributed by atoms with E-state index < -0.39 is 0 Å². The summed E-state index contributed by atoms with van der Waals surface area (Å²) in [6.07, 6.45) is 1.76. The lowest BCUT2D eigenvalue weighted by Crippen LogP contribution is -2.29. The van der Waals surface area contributed by atoms with Crippen molar-refractivity contribution in [3.05, 3.63) is 33.5 Å². The van der Waals surface area contributed by atoms with Gasteiger partial charge in [-0.05, 0) is 23.7 Å². The highest BCUT2D eigenvalue weighted by Crippen LogP contribution is 2.12.